The maximum atomic E-state index is 13.1. The van der Waals surface area contributed by atoms with Crippen LogP contribution in [-0.2, 0) is 11.3 Å². The van der Waals surface area contributed by atoms with Crippen LogP contribution in [0.1, 0.15) is 47.4 Å². The molecule has 1 aliphatic heterocycles. The van der Waals surface area contributed by atoms with Gasteiger partial charge < -0.3 is 14.6 Å². The van der Waals surface area contributed by atoms with Crippen molar-refractivity contribution in [3.05, 3.63) is 59.5 Å². The smallest absolute Gasteiger partial charge is 0.253 e. The topological polar surface area (TPSA) is 65.8 Å². The Labute approximate surface area is 178 Å². The molecule has 0 spiro atoms. The summed E-state index contributed by atoms with van der Waals surface area (Å²) in [5, 5.41) is 3.07. The lowest BCUT2D eigenvalue weighted by atomic mass is 9.95. The molecule has 1 atom stereocenters. The molecule has 1 N–H and O–H groups in total. The van der Waals surface area contributed by atoms with Crippen LogP contribution in [0.15, 0.2) is 47.1 Å². The molecule has 160 valence electrons. The standard InChI is InChI=1S/C24H31N3O3/c1-18-8-10-20(11-9-18)24(29)27-14-12-26(13-15-27)22(19-5-2-3-6-19)23(28)25-17-21-7-4-16-30-21/h4,7-11,16,19,22H,2-3,5-6,12-15,17H2,1H3,(H,25,28)/t22-/m1/s1. The Morgan fingerprint density at radius 2 is 1.77 bits per heavy atom. The van der Waals surface area contributed by atoms with Crippen molar-refractivity contribution in [1.82, 2.24) is 15.1 Å². The van der Waals surface area contributed by atoms with E-state index in [-0.39, 0.29) is 17.9 Å². The number of hydrogen-bond acceptors (Lipinski definition) is 4. The molecule has 0 unspecified atom stereocenters. The Balaban J connectivity index is 1.38. The van der Waals surface area contributed by atoms with Crippen LogP contribution in [-0.4, -0.2) is 53.8 Å². The van der Waals surface area contributed by atoms with Gasteiger partial charge in [0, 0.05) is 31.7 Å². The molecule has 2 aliphatic rings. The van der Waals surface area contributed by atoms with E-state index in [1.165, 1.54) is 12.8 Å². The molecule has 30 heavy (non-hydrogen) atoms. The number of nitrogens with one attached hydrogen (secondary N) is 1. The summed E-state index contributed by atoms with van der Waals surface area (Å²) in [5.41, 5.74) is 1.88. The number of furan rings is 1. The van der Waals surface area contributed by atoms with E-state index in [1.807, 2.05) is 48.2 Å². The van der Waals surface area contributed by atoms with Crippen molar-refractivity contribution in [3.63, 3.8) is 0 Å². The number of piperazine rings is 1. The van der Waals surface area contributed by atoms with E-state index in [0.717, 1.165) is 42.8 Å². The first-order chi connectivity index (χ1) is 14.6. The first-order valence-electron chi connectivity index (χ1n) is 11.0. The molecule has 6 heteroatoms. The van der Waals surface area contributed by atoms with E-state index in [4.69, 9.17) is 4.42 Å². The van der Waals surface area contributed by atoms with Crippen molar-refractivity contribution in [2.75, 3.05) is 26.2 Å². The first-order valence-corrected chi connectivity index (χ1v) is 11.0. The number of amides is 2. The summed E-state index contributed by atoms with van der Waals surface area (Å²) >= 11 is 0. The third kappa shape index (κ3) is 4.75. The zero-order valence-electron chi connectivity index (χ0n) is 17.7. The van der Waals surface area contributed by atoms with Crippen molar-refractivity contribution in [2.45, 2.75) is 45.2 Å². The molecule has 1 aromatic carbocycles. The molecular weight excluding hydrogens is 378 g/mol. The van der Waals surface area contributed by atoms with Crippen LogP contribution in [0.4, 0.5) is 0 Å². The zero-order chi connectivity index (χ0) is 20.9. The molecule has 1 aliphatic carbocycles. The fraction of sp³-hybridized carbons (Fsp3) is 0.500. The third-order valence-electron chi connectivity index (χ3n) is 6.43. The molecule has 1 saturated heterocycles. The normalized spacial score (nSPS) is 19.0. The Kier molecular flexibility index (Phi) is 6.53. The molecule has 0 bridgehead atoms. The maximum absolute atomic E-state index is 13.1. The van der Waals surface area contributed by atoms with Gasteiger partial charge in [-0.15, -0.1) is 0 Å². The van der Waals surface area contributed by atoms with Crippen molar-refractivity contribution in [3.8, 4) is 0 Å². The molecule has 6 nitrogen and oxygen atoms in total. The molecule has 4 rings (SSSR count). The van der Waals surface area contributed by atoms with Gasteiger partial charge in [-0.25, -0.2) is 0 Å². The van der Waals surface area contributed by atoms with Gasteiger partial charge in [-0.05, 0) is 49.9 Å². The van der Waals surface area contributed by atoms with Gasteiger partial charge in [0.1, 0.15) is 5.76 Å². The number of hydrogen-bond donors (Lipinski definition) is 1. The van der Waals surface area contributed by atoms with Gasteiger partial charge in [0.25, 0.3) is 5.91 Å². The maximum Gasteiger partial charge on any atom is 0.253 e. The highest BCUT2D eigenvalue weighted by Gasteiger charge is 2.37. The van der Waals surface area contributed by atoms with E-state index in [0.29, 0.717) is 25.6 Å². The van der Waals surface area contributed by atoms with Gasteiger partial charge in [-0.1, -0.05) is 30.5 Å². The highest BCUT2D eigenvalue weighted by molar-refractivity contribution is 5.94. The second-order valence-electron chi connectivity index (χ2n) is 8.48. The van der Waals surface area contributed by atoms with E-state index < -0.39 is 0 Å². The summed E-state index contributed by atoms with van der Waals surface area (Å²) in [6.45, 7) is 5.21. The second kappa shape index (κ2) is 9.47. The molecule has 1 saturated carbocycles. The minimum absolute atomic E-state index is 0.0781. The average molecular weight is 410 g/mol. The summed E-state index contributed by atoms with van der Waals surface area (Å²) in [5.74, 6) is 1.31. The first kappa shape index (κ1) is 20.7. The number of benzene rings is 1. The van der Waals surface area contributed by atoms with Crippen LogP contribution in [0.25, 0.3) is 0 Å². The monoisotopic (exact) mass is 409 g/mol. The lowest BCUT2D eigenvalue weighted by Gasteiger charge is -2.40. The van der Waals surface area contributed by atoms with E-state index in [2.05, 4.69) is 10.2 Å². The quantitative estimate of drug-likeness (QED) is 0.796. The summed E-state index contributed by atoms with van der Waals surface area (Å²) < 4.78 is 5.35. The van der Waals surface area contributed by atoms with Crippen LogP contribution in [0.5, 0.6) is 0 Å². The predicted octanol–water partition coefficient (Wildman–Crippen LogP) is 3.22. The van der Waals surface area contributed by atoms with Gasteiger partial charge >= 0.3 is 0 Å². The fourth-order valence-corrected chi connectivity index (χ4v) is 4.73. The highest BCUT2D eigenvalue weighted by atomic mass is 16.3. The molecular formula is C24H31N3O3. The van der Waals surface area contributed by atoms with Gasteiger partial charge in [0.15, 0.2) is 0 Å². The van der Waals surface area contributed by atoms with Gasteiger partial charge in [0.05, 0.1) is 18.8 Å². The van der Waals surface area contributed by atoms with E-state index >= 15 is 0 Å². The lowest BCUT2D eigenvalue weighted by molar-refractivity contribution is -0.129. The summed E-state index contributed by atoms with van der Waals surface area (Å²) in [4.78, 5) is 30.1. The molecule has 2 amide bonds. The Bertz CT molecular complexity index is 833. The predicted molar refractivity (Wildman–Crippen MR) is 115 cm³/mol. The minimum Gasteiger partial charge on any atom is -0.467 e. The van der Waals surface area contributed by atoms with Gasteiger partial charge in [-0.3, -0.25) is 14.5 Å². The number of rotatable bonds is 6. The number of carbonyl (C=O) groups excluding carboxylic acids is 2. The van der Waals surface area contributed by atoms with Crippen molar-refractivity contribution < 1.29 is 14.0 Å². The molecule has 1 aromatic heterocycles. The largest absolute Gasteiger partial charge is 0.467 e. The van der Waals surface area contributed by atoms with E-state index in [1.54, 1.807) is 6.26 Å². The number of nitrogens with zero attached hydrogens (tertiary/aromatic N) is 2. The number of aryl methyl sites for hydroxylation is 1. The Morgan fingerprint density at radius 1 is 1.07 bits per heavy atom. The minimum atomic E-state index is -0.126. The van der Waals surface area contributed by atoms with Gasteiger partial charge in [-0.2, -0.15) is 0 Å². The molecule has 2 aromatic rings. The zero-order valence-corrected chi connectivity index (χ0v) is 17.7. The summed E-state index contributed by atoms with van der Waals surface area (Å²) in [7, 11) is 0. The highest BCUT2D eigenvalue weighted by Crippen LogP contribution is 2.31. The Morgan fingerprint density at radius 3 is 2.40 bits per heavy atom. The van der Waals surface area contributed by atoms with Gasteiger partial charge in [0.2, 0.25) is 5.91 Å². The van der Waals surface area contributed by atoms with Crippen LogP contribution >= 0.6 is 0 Å². The molecule has 0 radical (unpaired) electrons. The molecule has 2 heterocycles. The Hall–Kier alpha value is -2.60. The van der Waals surface area contributed by atoms with Crippen LogP contribution < -0.4 is 5.32 Å². The third-order valence-corrected chi connectivity index (χ3v) is 6.43. The molecule has 2 fully saturated rings. The van der Waals surface area contributed by atoms with Crippen molar-refractivity contribution in [1.29, 1.82) is 0 Å². The number of carbonyl (C=O) groups is 2. The summed E-state index contributed by atoms with van der Waals surface area (Å²) in [6, 6.07) is 11.3. The van der Waals surface area contributed by atoms with Crippen molar-refractivity contribution >= 4 is 11.8 Å². The second-order valence-corrected chi connectivity index (χ2v) is 8.48. The van der Waals surface area contributed by atoms with Crippen LogP contribution in [0.3, 0.4) is 0 Å². The van der Waals surface area contributed by atoms with Crippen LogP contribution in [0, 0.1) is 12.8 Å². The fourth-order valence-electron chi connectivity index (χ4n) is 4.73. The lowest BCUT2D eigenvalue weighted by Crippen LogP contribution is -2.57. The van der Waals surface area contributed by atoms with E-state index in [9.17, 15) is 9.59 Å². The van der Waals surface area contributed by atoms with Crippen molar-refractivity contribution in [2.24, 2.45) is 5.92 Å². The average Bonchev–Trinajstić information content (AvgIpc) is 3.48. The van der Waals surface area contributed by atoms with Crippen LogP contribution in [0.2, 0.25) is 0 Å². The summed E-state index contributed by atoms with van der Waals surface area (Å²) in [6.07, 6.45) is 6.21. The SMILES string of the molecule is Cc1ccc(C(=O)N2CCN([C@@H](C(=O)NCc3ccco3)C3CCCC3)CC2)cc1.